The van der Waals surface area contributed by atoms with E-state index in [1.54, 1.807) is 0 Å². The van der Waals surface area contributed by atoms with Gasteiger partial charge in [-0.05, 0) is 60.1 Å². The summed E-state index contributed by atoms with van der Waals surface area (Å²) in [6, 6.07) is 14.2. The molecule has 4 heteroatoms. The summed E-state index contributed by atoms with van der Waals surface area (Å²) >= 11 is 0. The third-order valence-electron chi connectivity index (χ3n) is 4.69. The second kappa shape index (κ2) is 6.43. The molecule has 3 rings (SSSR count). The van der Waals surface area contributed by atoms with Crippen molar-refractivity contribution in [3.05, 3.63) is 53.6 Å². The highest BCUT2D eigenvalue weighted by molar-refractivity contribution is 5.69. The number of amides is 1. The minimum Gasteiger partial charge on any atom is -0.491 e. The van der Waals surface area contributed by atoms with E-state index in [0.29, 0.717) is 0 Å². The van der Waals surface area contributed by atoms with Gasteiger partial charge in [0, 0.05) is 0 Å². The first-order valence-corrected chi connectivity index (χ1v) is 8.65. The number of hydrogen-bond donors (Lipinski definition) is 2. The van der Waals surface area contributed by atoms with E-state index in [-0.39, 0.29) is 17.6 Å². The van der Waals surface area contributed by atoms with Gasteiger partial charge in [0.1, 0.15) is 5.75 Å². The summed E-state index contributed by atoms with van der Waals surface area (Å²) in [7, 11) is 0. The number of nitrogens with one attached hydrogen (secondary N) is 1. The Labute approximate surface area is 148 Å². The van der Waals surface area contributed by atoms with E-state index < -0.39 is 6.09 Å². The molecule has 25 heavy (non-hydrogen) atoms. The van der Waals surface area contributed by atoms with Crippen molar-refractivity contribution < 1.29 is 14.6 Å². The first-order chi connectivity index (χ1) is 11.8. The maximum Gasteiger partial charge on any atom is 0.405 e. The molecule has 1 amide bonds. The molecule has 4 nitrogen and oxygen atoms in total. The van der Waals surface area contributed by atoms with Crippen molar-refractivity contribution in [1.29, 1.82) is 0 Å². The minimum atomic E-state index is -0.978. The van der Waals surface area contributed by atoms with Gasteiger partial charge in [0.15, 0.2) is 0 Å². The van der Waals surface area contributed by atoms with Gasteiger partial charge in [-0.25, -0.2) is 4.79 Å². The van der Waals surface area contributed by atoms with E-state index in [1.807, 2.05) is 26.0 Å². The molecule has 2 N–H and O–H groups in total. The van der Waals surface area contributed by atoms with E-state index in [1.165, 1.54) is 5.56 Å². The van der Waals surface area contributed by atoms with Crippen molar-refractivity contribution >= 4 is 6.09 Å². The molecule has 0 spiro atoms. The van der Waals surface area contributed by atoms with Crippen LogP contribution in [0.5, 0.6) is 5.75 Å². The van der Waals surface area contributed by atoms with Crippen LogP contribution in [0.15, 0.2) is 42.5 Å². The number of carbonyl (C=O) groups is 1. The van der Waals surface area contributed by atoms with Gasteiger partial charge in [-0.1, -0.05) is 44.2 Å². The maximum absolute atomic E-state index is 11.1. The quantitative estimate of drug-likeness (QED) is 0.821. The highest BCUT2D eigenvalue weighted by Gasteiger charge is 2.39. The normalized spacial score (nSPS) is 18.0. The number of benzene rings is 2. The van der Waals surface area contributed by atoms with Gasteiger partial charge in [0.05, 0.1) is 12.1 Å². The molecule has 1 unspecified atom stereocenters. The van der Waals surface area contributed by atoms with Crippen LogP contribution in [0.2, 0.25) is 0 Å². The lowest BCUT2D eigenvalue weighted by Crippen LogP contribution is -2.34. The molecular formula is C21H25NO3. The fourth-order valence-corrected chi connectivity index (χ4v) is 3.65. The molecule has 2 aromatic rings. The summed E-state index contributed by atoms with van der Waals surface area (Å²) in [4.78, 5) is 11.1. The van der Waals surface area contributed by atoms with Gasteiger partial charge in [0.25, 0.3) is 0 Å². The molecular weight excluding hydrogens is 314 g/mol. The van der Waals surface area contributed by atoms with Crippen LogP contribution in [-0.4, -0.2) is 17.3 Å². The summed E-state index contributed by atoms with van der Waals surface area (Å²) < 4.78 is 5.79. The van der Waals surface area contributed by atoms with Crippen LogP contribution in [0.1, 0.15) is 44.9 Å². The smallest absolute Gasteiger partial charge is 0.405 e. The van der Waals surface area contributed by atoms with Crippen molar-refractivity contribution in [3.63, 3.8) is 0 Å². The second-order valence-corrected chi connectivity index (χ2v) is 7.66. The van der Waals surface area contributed by atoms with E-state index in [4.69, 9.17) is 9.84 Å². The number of ether oxygens (including phenoxy) is 1. The molecule has 132 valence electrons. The average Bonchev–Trinajstić information content (AvgIpc) is 2.76. The molecule has 0 saturated carbocycles. The van der Waals surface area contributed by atoms with Gasteiger partial charge in [0.2, 0.25) is 0 Å². The predicted octanol–water partition coefficient (Wildman–Crippen LogP) is 5.03. The van der Waals surface area contributed by atoms with Gasteiger partial charge in [-0.15, -0.1) is 0 Å². The standard InChI is InChI=1S/C21H25NO3/c1-13(2)25-17-7-5-6-14(11-17)15-8-9-18-16(10-15)12-21(3,4)19(18)22-20(23)24/h5-11,13,19,22H,12H2,1-4H3,(H,23,24). The van der Waals surface area contributed by atoms with Crippen LogP contribution in [0.3, 0.4) is 0 Å². The van der Waals surface area contributed by atoms with E-state index in [0.717, 1.165) is 28.9 Å². The van der Waals surface area contributed by atoms with Crippen LogP contribution in [-0.2, 0) is 6.42 Å². The van der Waals surface area contributed by atoms with Crippen LogP contribution >= 0.6 is 0 Å². The Morgan fingerprint density at radius 1 is 1.20 bits per heavy atom. The topological polar surface area (TPSA) is 58.6 Å². The number of fused-ring (bicyclic) bond motifs is 1. The van der Waals surface area contributed by atoms with E-state index in [2.05, 4.69) is 49.5 Å². The molecule has 2 aromatic carbocycles. The monoisotopic (exact) mass is 339 g/mol. The fraction of sp³-hybridized carbons (Fsp3) is 0.381. The molecule has 1 aliphatic rings. The molecule has 0 aliphatic heterocycles. The Morgan fingerprint density at radius 2 is 1.92 bits per heavy atom. The lowest BCUT2D eigenvalue weighted by Gasteiger charge is -2.27. The summed E-state index contributed by atoms with van der Waals surface area (Å²) in [5.74, 6) is 0.860. The molecule has 0 bridgehead atoms. The highest BCUT2D eigenvalue weighted by Crippen LogP contribution is 2.46. The summed E-state index contributed by atoms with van der Waals surface area (Å²) in [5.41, 5.74) is 4.37. The van der Waals surface area contributed by atoms with E-state index >= 15 is 0 Å². The average molecular weight is 339 g/mol. The number of rotatable bonds is 4. The fourth-order valence-electron chi connectivity index (χ4n) is 3.65. The molecule has 0 heterocycles. The molecule has 0 saturated heterocycles. The Hall–Kier alpha value is -2.49. The molecule has 1 aliphatic carbocycles. The molecule has 1 atom stereocenters. The van der Waals surface area contributed by atoms with Crippen LogP contribution in [0.4, 0.5) is 4.79 Å². The Morgan fingerprint density at radius 3 is 2.60 bits per heavy atom. The zero-order valence-electron chi connectivity index (χ0n) is 15.2. The SMILES string of the molecule is CC(C)Oc1cccc(-c2ccc3c(c2)CC(C)(C)C3NC(=O)O)c1. The molecule has 0 fully saturated rings. The van der Waals surface area contributed by atoms with Gasteiger partial charge in [-0.2, -0.15) is 0 Å². The third kappa shape index (κ3) is 3.63. The van der Waals surface area contributed by atoms with Crippen molar-refractivity contribution in [1.82, 2.24) is 5.32 Å². The van der Waals surface area contributed by atoms with E-state index in [9.17, 15) is 4.79 Å². The Balaban J connectivity index is 1.94. The second-order valence-electron chi connectivity index (χ2n) is 7.66. The lowest BCUT2D eigenvalue weighted by molar-refractivity contribution is 0.175. The van der Waals surface area contributed by atoms with Crippen LogP contribution in [0.25, 0.3) is 11.1 Å². The lowest BCUT2D eigenvalue weighted by atomic mass is 9.85. The van der Waals surface area contributed by atoms with Gasteiger partial charge >= 0.3 is 6.09 Å². The third-order valence-corrected chi connectivity index (χ3v) is 4.69. The predicted molar refractivity (Wildman–Crippen MR) is 99.0 cm³/mol. The summed E-state index contributed by atoms with van der Waals surface area (Å²) in [6.07, 6.45) is 0.0102. The Bertz CT molecular complexity index is 795. The Kier molecular flexibility index (Phi) is 4.46. The van der Waals surface area contributed by atoms with Crippen LogP contribution in [0, 0.1) is 5.41 Å². The minimum absolute atomic E-state index is 0.137. The highest BCUT2D eigenvalue weighted by atomic mass is 16.5. The van der Waals surface area contributed by atoms with Crippen molar-refractivity contribution in [2.75, 3.05) is 0 Å². The zero-order chi connectivity index (χ0) is 18.2. The maximum atomic E-state index is 11.1. The van der Waals surface area contributed by atoms with Gasteiger partial charge in [-0.3, -0.25) is 0 Å². The summed E-state index contributed by atoms with van der Waals surface area (Å²) in [6.45, 7) is 8.23. The first-order valence-electron chi connectivity index (χ1n) is 8.65. The molecule has 0 radical (unpaired) electrons. The number of carboxylic acid groups (broad SMARTS) is 1. The largest absolute Gasteiger partial charge is 0.491 e. The number of hydrogen-bond acceptors (Lipinski definition) is 2. The van der Waals surface area contributed by atoms with Crippen molar-refractivity contribution in [2.24, 2.45) is 5.41 Å². The first kappa shape index (κ1) is 17.3. The molecule has 0 aromatic heterocycles. The van der Waals surface area contributed by atoms with Crippen LogP contribution < -0.4 is 10.1 Å². The van der Waals surface area contributed by atoms with Crippen molar-refractivity contribution in [3.8, 4) is 16.9 Å². The van der Waals surface area contributed by atoms with Crippen molar-refractivity contribution in [2.45, 2.75) is 46.3 Å². The van der Waals surface area contributed by atoms with Gasteiger partial charge < -0.3 is 15.2 Å². The zero-order valence-corrected chi connectivity index (χ0v) is 15.2. The summed E-state index contributed by atoms with van der Waals surface area (Å²) in [5, 5.41) is 11.8.